The van der Waals surface area contributed by atoms with Gasteiger partial charge in [-0.3, -0.25) is 0 Å². The normalized spacial score (nSPS) is 25.3. The van der Waals surface area contributed by atoms with E-state index in [1.165, 1.54) is 25.9 Å². The summed E-state index contributed by atoms with van der Waals surface area (Å²) in [5, 5.41) is 3.55. The second-order valence-corrected chi connectivity index (χ2v) is 7.27. The maximum Gasteiger partial charge on any atom is 0.0105 e. The summed E-state index contributed by atoms with van der Waals surface area (Å²) in [6.07, 6.45) is 2.61. The molecule has 1 N–H and O–H groups in total. The van der Waals surface area contributed by atoms with Crippen LogP contribution in [0.25, 0.3) is 0 Å². The van der Waals surface area contributed by atoms with Gasteiger partial charge in [-0.05, 0) is 56.7 Å². The number of likely N-dealkylation sites (tertiary alicyclic amines) is 1. The first-order chi connectivity index (χ1) is 8.36. The summed E-state index contributed by atoms with van der Waals surface area (Å²) in [7, 11) is 0. The van der Waals surface area contributed by atoms with Gasteiger partial charge in [0.2, 0.25) is 0 Å². The Balaban J connectivity index is 2.37. The molecule has 1 aliphatic heterocycles. The smallest absolute Gasteiger partial charge is 0.0105 e. The molecule has 2 heteroatoms. The van der Waals surface area contributed by atoms with Crippen LogP contribution in [-0.4, -0.2) is 37.1 Å². The van der Waals surface area contributed by atoms with E-state index >= 15 is 0 Å². The van der Waals surface area contributed by atoms with Crippen LogP contribution in [0.15, 0.2) is 0 Å². The third-order valence-electron chi connectivity index (χ3n) is 4.74. The van der Waals surface area contributed by atoms with Crippen LogP contribution in [0.2, 0.25) is 0 Å². The lowest BCUT2D eigenvalue weighted by Gasteiger charge is -2.32. The molecule has 1 saturated heterocycles. The first-order valence-corrected chi connectivity index (χ1v) is 7.81. The molecule has 3 unspecified atom stereocenters. The van der Waals surface area contributed by atoms with Gasteiger partial charge >= 0.3 is 0 Å². The van der Waals surface area contributed by atoms with E-state index in [0.29, 0.717) is 11.5 Å². The van der Waals surface area contributed by atoms with Crippen molar-refractivity contribution in [2.75, 3.05) is 26.2 Å². The molecular formula is C16H34N2. The third kappa shape index (κ3) is 4.55. The zero-order chi connectivity index (χ0) is 13.8. The average Bonchev–Trinajstić information content (AvgIpc) is 2.77. The second kappa shape index (κ2) is 6.91. The van der Waals surface area contributed by atoms with Crippen LogP contribution in [0.3, 0.4) is 0 Å². The Bertz CT molecular complexity index is 232. The van der Waals surface area contributed by atoms with E-state index in [-0.39, 0.29) is 0 Å². The molecule has 0 spiro atoms. The minimum atomic E-state index is 0.470. The highest BCUT2D eigenvalue weighted by atomic mass is 15.2. The molecule has 0 aromatic carbocycles. The van der Waals surface area contributed by atoms with E-state index in [1.54, 1.807) is 0 Å². The SMILES string of the molecule is CCCNCC(C)C(C)N1CCC(C(C)(C)C)C1. The molecule has 1 aliphatic rings. The van der Waals surface area contributed by atoms with Gasteiger partial charge in [-0.1, -0.05) is 34.6 Å². The summed E-state index contributed by atoms with van der Waals surface area (Å²) in [4.78, 5) is 2.70. The minimum absolute atomic E-state index is 0.470. The molecule has 3 atom stereocenters. The molecule has 108 valence electrons. The molecule has 1 fully saturated rings. The molecule has 0 aromatic heterocycles. The van der Waals surface area contributed by atoms with E-state index < -0.39 is 0 Å². The van der Waals surface area contributed by atoms with Crippen molar-refractivity contribution in [1.29, 1.82) is 0 Å². The highest BCUT2D eigenvalue weighted by Gasteiger charge is 2.34. The van der Waals surface area contributed by atoms with E-state index in [9.17, 15) is 0 Å². The molecule has 0 saturated carbocycles. The highest BCUT2D eigenvalue weighted by Crippen LogP contribution is 2.34. The number of hydrogen-bond donors (Lipinski definition) is 1. The van der Waals surface area contributed by atoms with E-state index in [2.05, 4.69) is 51.8 Å². The lowest BCUT2D eigenvalue weighted by Crippen LogP contribution is -2.40. The van der Waals surface area contributed by atoms with Crippen LogP contribution < -0.4 is 5.32 Å². The maximum absolute atomic E-state index is 3.55. The van der Waals surface area contributed by atoms with Gasteiger partial charge in [-0.25, -0.2) is 0 Å². The van der Waals surface area contributed by atoms with Gasteiger partial charge in [0.25, 0.3) is 0 Å². The zero-order valence-electron chi connectivity index (χ0n) is 13.4. The Labute approximate surface area is 115 Å². The predicted molar refractivity (Wildman–Crippen MR) is 80.9 cm³/mol. The first-order valence-electron chi connectivity index (χ1n) is 7.81. The fourth-order valence-electron chi connectivity index (χ4n) is 2.90. The van der Waals surface area contributed by atoms with E-state index in [1.807, 2.05) is 0 Å². The van der Waals surface area contributed by atoms with Crippen LogP contribution in [0.4, 0.5) is 0 Å². The van der Waals surface area contributed by atoms with Crippen molar-refractivity contribution in [1.82, 2.24) is 10.2 Å². The fourth-order valence-corrected chi connectivity index (χ4v) is 2.90. The molecule has 0 bridgehead atoms. The molecule has 2 nitrogen and oxygen atoms in total. The standard InChI is InChI=1S/C16H34N2/c1-7-9-17-11-13(2)14(3)18-10-8-15(12-18)16(4,5)6/h13-15,17H,7-12H2,1-6H3. The van der Waals surface area contributed by atoms with Gasteiger partial charge in [0.15, 0.2) is 0 Å². The Kier molecular flexibility index (Phi) is 6.13. The lowest BCUT2D eigenvalue weighted by molar-refractivity contribution is 0.167. The van der Waals surface area contributed by atoms with Crippen molar-refractivity contribution in [3.8, 4) is 0 Å². The molecule has 0 amide bonds. The monoisotopic (exact) mass is 254 g/mol. The van der Waals surface area contributed by atoms with Crippen molar-refractivity contribution in [2.24, 2.45) is 17.3 Å². The summed E-state index contributed by atoms with van der Waals surface area (Å²) < 4.78 is 0. The largest absolute Gasteiger partial charge is 0.316 e. The van der Waals surface area contributed by atoms with Crippen molar-refractivity contribution < 1.29 is 0 Å². The number of nitrogens with one attached hydrogen (secondary N) is 1. The minimum Gasteiger partial charge on any atom is -0.316 e. The van der Waals surface area contributed by atoms with Gasteiger partial charge in [0.1, 0.15) is 0 Å². The first kappa shape index (κ1) is 16.0. The van der Waals surface area contributed by atoms with Crippen molar-refractivity contribution in [3.05, 3.63) is 0 Å². The quantitative estimate of drug-likeness (QED) is 0.731. The van der Waals surface area contributed by atoms with Crippen molar-refractivity contribution >= 4 is 0 Å². The van der Waals surface area contributed by atoms with Gasteiger partial charge in [-0.2, -0.15) is 0 Å². The Morgan fingerprint density at radius 3 is 2.44 bits per heavy atom. The fraction of sp³-hybridized carbons (Fsp3) is 1.00. The van der Waals surface area contributed by atoms with E-state index in [4.69, 9.17) is 0 Å². The molecule has 0 aromatic rings. The van der Waals surface area contributed by atoms with Crippen LogP contribution in [0.1, 0.15) is 54.4 Å². The zero-order valence-corrected chi connectivity index (χ0v) is 13.4. The molecule has 1 rings (SSSR count). The summed E-state index contributed by atoms with van der Waals surface area (Å²) >= 11 is 0. The van der Waals surface area contributed by atoms with Gasteiger partial charge in [0, 0.05) is 12.6 Å². The Hall–Kier alpha value is -0.0800. The van der Waals surface area contributed by atoms with Gasteiger partial charge < -0.3 is 10.2 Å². The summed E-state index contributed by atoms with van der Waals surface area (Å²) in [5.41, 5.74) is 0.470. The van der Waals surface area contributed by atoms with Crippen molar-refractivity contribution in [3.63, 3.8) is 0 Å². The van der Waals surface area contributed by atoms with E-state index in [0.717, 1.165) is 24.9 Å². The summed E-state index contributed by atoms with van der Waals surface area (Å²) in [6.45, 7) is 19.1. The Morgan fingerprint density at radius 2 is 1.94 bits per heavy atom. The molecular weight excluding hydrogens is 220 g/mol. The van der Waals surface area contributed by atoms with Crippen LogP contribution in [0, 0.1) is 17.3 Å². The van der Waals surface area contributed by atoms with Crippen LogP contribution >= 0.6 is 0 Å². The maximum atomic E-state index is 3.55. The van der Waals surface area contributed by atoms with Gasteiger partial charge in [0.05, 0.1) is 0 Å². The number of rotatable bonds is 6. The number of hydrogen-bond acceptors (Lipinski definition) is 2. The lowest BCUT2D eigenvalue weighted by atomic mass is 9.80. The predicted octanol–water partition coefficient (Wildman–Crippen LogP) is 3.38. The van der Waals surface area contributed by atoms with Crippen molar-refractivity contribution in [2.45, 2.75) is 60.4 Å². The topological polar surface area (TPSA) is 15.3 Å². The molecule has 0 radical (unpaired) electrons. The molecule has 18 heavy (non-hydrogen) atoms. The second-order valence-electron chi connectivity index (χ2n) is 7.27. The average molecular weight is 254 g/mol. The van der Waals surface area contributed by atoms with Gasteiger partial charge in [-0.15, -0.1) is 0 Å². The summed E-state index contributed by atoms with van der Waals surface area (Å²) in [5.74, 6) is 1.62. The van der Waals surface area contributed by atoms with Crippen LogP contribution in [-0.2, 0) is 0 Å². The number of nitrogens with zero attached hydrogens (tertiary/aromatic N) is 1. The Morgan fingerprint density at radius 1 is 1.28 bits per heavy atom. The third-order valence-corrected chi connectivity index (χ3v) is 4.74. The summed E-state index contributed by atoms with van der Waals surface area (Å²) in [6, 6.07) is 0.710. The highest BCUT2D eigenvalue weighted by molar-refractivity contribution is 4.87. The molecule has 1 heterocycles. The molecule has 0 aliphatic carbocycles. The van der Waals surface area contributed by atoms with Crippen LogP contribution in [0.5, 0.6) is 0 Å².